The lowest BCUT2D eigenvalue weighted by atomic mass is 9.84. The molecule has 6 nitrogen and oxygen atoms in total. The number of aromatic hydroxyl groups is 1. The van der Waals surface area contributed by atoms with Crippen LogP contribution in [0.5, 0.6) is 5.75 Å². The first-order valence-electron chi connectivity index (χ1n) is 9.85. The number of carboxylic acids is 1. The molecule has 8 heteroatoms. The monoisotopic (exact) mass is 454 g/mol. The second-order valence-electron chi connectivity index (χ2n) is 7.44. The van der Waals surface area contributed by atoms with Crippen molar-refractivity contribution in [1.82, 2.24) is 5.32 Å². The lowest BCUT2D eigenvalue weighted by Crippen LogP contribution is -2.24. The molecule has 2 rings (SSSR count). The van der Waals surface area contributed by atoms with E-state index in [2.05, 4.69) is 5.32 Å². The minimum Gasteiger partial charge on any atom is -0.508 e. The Hall–Kier alpha value is -1.99. The maximum atomic E-state index is 11.7. The molecule has 6 N–H and O–H groups in total. The van der Waals surface area contributed by atoms with Crippen LogP contribution < -0.4 is 11.1 Å². The Kier molecular flexibility index (Phi) is 9.24. The molecule has 0 fully saturated rings. The number of nitrogens with one attached hydrogen (secondary N) is 1. The molecule has 0 heterocycles. The number of hydrogen-bond acceptors (Lipinski definition) is 5. The Morgan fingerprint density at radius 1 is 1.10 bits per heavy atom. The first-order chi connectivity index (χ1) is 14.2. The summed E-state index contributed by atoms with van der Waals surface area (Å²) in [6.45, 7) is 2.86. The Morgan fingerprint density at radius 3 is 2.27 bits per heavy atom. The topological polar surface area (TPSA) is 116 Å². The molecule has 0 aromatic heterocycles. The fourth-order valence-corrected chi connectivity index (χ4v) is 3.87. The fraction of sp³-hybridized carbons (Fsp3) is 0.409. The van der Waals surface area contributed by atoms with Gasteiger partial charge in [-0.15, -0.1) is 0 Å². The summed E-state index contributed by atoms with van der Waals surface area (Å²) in [5, 5.41) is 33.1. The number of anilines is 1. The molecule has 0 bridgehead atoms. The van der Waals surface area contributed by atoms with Crippen molar-refractivity contribution in [3.05, 3.63) is 57.6 Å². The number of rotatable bonds is 11. The highest BCUT2D eigenvalue weighted by atomic mass is 35.5. The molecule has 2 aromatic carbocycles. The molecule has 0 saturated carbocycles. The first kappa shape index (κ1) is 24.3. The number of aliphatic carboxylic acids is 1. The van der Waals surface area contributed by atoms with Gasteiger partial charge in [0.05, 0.1) is 27.8 Å². The second kappa shape index (κ2) is 11.4. The maximum Gasteiger partial charge on any atom is 0.307 e. The summed E-state index contributed by atoms with van der Waals surface area (Å²) in [6.07, 6.45) is 1.29. The van der Waals surface area contributed by atoms with Gasteiger partial charge in [0, 0.05) is 6.54 Å². The standard InChI is InChI=1S/C22H28Cl2N2O4/c1-13(14-5-7-16(27)8-6-14)17(22(29)30)4-2-3-9-26-12-20(28)15-10-18(23)21(25)19(24)11-15/h5-8,10-11,13,17,20,26-28H,2-4,9,12,25H2,1H3,(H,29,30). The fourth-order valence-electron chi connectivity index (χ4n) is 3.36. The van der Waals surface area contributed by atoms with Gasteiger partial charge in [-0.25, -0.2) is 0 Å². The lowest BCUT2D eigenvalue weighted by Gasteiger charge is -2.21. The summed E-state index contributed by atoms with van der Waals surface area (Å²) >= 11 is 12.0. The van der Waals surface area contributed by atoms with Gasteiger partial charge in [-0.2, -0.15) is 0 Å². The van der Waals surface area contributed by atoms with Crippen molar-refractivity contribution in [2.45, 2.75) is 38.2 Å². The van der Waals surface area contributed by atoms with Gasteiger partial charge in [0.15, 0.2) is 0 Å². The van der Waals surface area contributed by atoms with E-state index >= 15 is 0 Å². The number of unbranched alkanes of at least 4 members (excludes halogenated alkanes) is 1. The average Bonchev–Trinajstić information content (AvgIpc) is 2.70. The van der Waals surface area contributed by atoms with E-state index in [-0.39, 0.29) is 17.4 Å². The lowest BCUT2D eigenvalue weighted by molar-refractivity contribution is -0.142. The third-order valence-corrected chi connectivity index (χ3v) is 5.91. The number of halogens is 2. The van der Waals surface area contributed by atoms with Crippen LogP contribution in [-0.2, 0) is 4.79 Å². The Morgan fingerprint density at radius 2 is 1.70 bits per heavy atom. The zero-order valence-corrected chi connectivity index (χ0v) is 18.3. The first-order valence-corrected chi connectivity index (χ1v) is 10.6. The number of hydrogen-bond donors (Lipinski definition) is 5. The van der Waals surface area contributed by atoms with Crippen LogP contribution in [0, 0.1) is 5.92 Å². The zero-order valence-electron chi connectivity index (χ0n) is 16.8. The van der Waals surface area contributed by atoms with Gasteiger partial charge in [0.2, 0.25) is 0 Å². The van der Waals surface area contributed by atoms with Gasteiger partial charge in [-0.3, -0.25) is 4.79 Å². The summed E-state index contributed by atoms with van der Waals surface area (Å²) < 4.78 is 0. The summed E-state index contributed by atoms with van der Waals surface area (Å²) in [7, 11) is 0. The van der Waals surface area contributed by atoms with Gasteiger partial charge < -0.3 is 26.4 Å². The number of nitrogens with two attached hydrogens (primary N) is 1. The molecule has 3 unspecified atom stereocenters. The van der Waals surface area contributed by atoms with Crippen molar-refractivity contribution >= 4 is 34.9 Å². The van der Waals surface area contributed by atoms with Crippen LogP contribution in [0.25, 0.3) is 0 Å². The van der Waals surface area contributed by atoms with E-state index in [0.717, 1.165) is 18.4 Å². The molecular weight excluding hydrogens is 427 g/mol. The van der Waals surface area contributed by atoms with Gasteiger partial charge in [-0.05, 0) is 60.7 Å². The predicted octanol–water partition coefficient (Wildman–Crippen LogP) is 4.58. The molecule has 0 aliphatic carbocycles. The van der Waals surface area contributed by atoms with E-state index in [4.69, 9.17) is 28.9 Å². The Balaban J connectivity index is 1.76. The van der Waals surface area contributed by atoms with Crippen LogP contribution in [0.15, 0.2) is 36.4 Å². The van der Waals surface area contributed by atoms with Gasteiger partial charge in [0.1, 0.15) is 5.75 Å². The quantitative estimate of drug-likeness (QED) is 0.250. The third-order valence-electron chi connectivity index (χ3n) is 5.28. The smallest absolute Gasteiger partial charge is 0.307 e. The maximum absolute atomic E-state index is 11.7. The van der Waals surface area contributed by atoms with Crippen molar-refractivity contribution in [3.63, 3.8) is 0 Å². The molecule has 0 aliphatic heterocycles. The minimum absolute atomic E-state index is 0.155. The summed E-state index contributed by atoms with van der Waals surface area (Å²) in [4.78, 5) is 11.7. The van der Waals surface area contributed by atoms with Crippen LogP contribution >= 0.6 is 23.2 Å². The van der Waals surface area contributed by atoms with Crippen LogP contribution in [-0.4, -0.2) is 34.4 Å². The summed E-state index contributed by atoms with van der Waals surface area (Å²) in [5.41, 5.74) is 7.47. The molecule has 0 spiro atoms. The Labute approximate surface area is 186 Å². The van der Waals surface area contributed by atoms with E-state index in [1.165, 1.54) is 0 Å². The number of carboxylic acid groups (broad SMARTS) is 1. The number of nitrogen functional groups attached to an aromatic ring is 1. The predicted molar refractivity (Wildman–Crippen MR) is 120 cm³/mol. The van der Waals surface area contributed by atoms with Gasteiger partial charge in [-0.1, -0.05) is 48.7 Å². The minimum atomic E-state index is -0.823. The average molecular weight is 455 g/mol. The largest absolute Gasteiger partial charge is 0.508 e. The molecule has 0 radical (unpaired) electrons. The number of aliphatic hydroxyl groups is 1. The normalized spacial score (nSPS) is 14.3. The van der Waals surface area contributed by atoms with Crippen LogP contribution in [0.2, 0.25) is 10.0 Å². The molecule has 2 aromatic rings. The number of phenols is 1. The number of aliphatic hydroxyl groups excluding tert-OH is 1. The van der Waals surface area contributed by atoms with Crippen LogP contribution in [0.3, 0.4) is 0 Å². The van der Waals surface area contributed by atoms with Crippen molar-refractivity contribution in [2.24, 2.45) is 5.92 Å². The zero-order chi connectivity index (χ0) is 22.3. The highest BCUT2D eigenvalue weighted by Crippen LogP contribution is 2.31. The van der Waals surface area contributed by atoms with Crippen molar-refractivity contribution in [3.8, 4) is 5.75 Å². The van der Waals surface area contributed by atoms with E-state index in [0.29, 0.717) is 35.1 Å². The molecule has 0 aliphatic rings. The van der Waals surface area contributed by atoms with Gasteiger partial charge in [0.25, 0.3) is 0 Å². The second-order valence-corrected chi connectivity index (χ2v) is 8.25. The van der Waals surface area contributed by atoms with E-state index in [1.807, 2.05) is 6.92 Å². The van der Waals surface area contributed by atoms with Crippen molar-refractivity contribution in [1.29, 1.82) is 0 Å². The summed E-state index contributed by atoms with van der Waals surface area (Å²) in [5.74, 6) is -1.32. The van der Waals surface area contributed by atoms with Crippen molar-refractivity contribution < 1.29 is 20.1 Å². The van der Waals surface area contributed by atoms with Crippen LogP contribution in [0.1, 0.15) is 49.3 Å². The van der Waals surface area contributed by atoms with Crippen molar-refractivity contribution in [2.75, 3.05) is 18.8 Å². The molecular formula is C22H28Cl2N2O4. The van der Waals surface area contributed by atoms with Gasteiger partial charge >= 0.3 is 5.97 Å². The Bertz CT molecular complexity index is 823. The van der Waals surface area contributed by atoms with E-state index in [9.17, 15) is 20.1 Å². The highest BCUT2D eigenvalue weighted by molar-refractivity contribution is 6.38. The van der Waals surface area contributed by atoms with E-state index < -0.39 is 18.0 Å². The SMILES string of the molecule is CC(c1ccc(O)cc1)C(CCCCNCC(O)c1cc(Cl)c(N)c(Cl)c1)C(=O)O. The molecule has 3 atom stereocenters. The molecule has 30 heavy (non-hydrogen) atoms. The molecule has 0 saturated heterocycles. The third kappa shape index (κ3) is 6.77. The van der Waals surface area contributed by atoms with Crippen LogP contribution in [0.4, 0.5) is 5.69 Å². The molecule has 0 amide bonds. The number of benzene rings is 2. The highest BCUT2D eigenvalue weighted by Gasteiger charge is 2.25. The summed E-state index contributed by atoms with van der Waals surface area (Å²) in [6, 6.07) is 9.85. The number of carbonyl (C=O) groups is 1. The number of phenolic OH excluding ortho intramolecular Hbond substituents is 1. The van der Waals surface area contributed by atoms with E-state index in [1.54, 1.807) is 36.4 Å². The molecule has 164 valence electrons.